The average Bonchev–Trinajstić information content (AvgIpc) is 3.62. The molecule has 0 saturated heterocycles. The number of fused-ring (bicyclic) bond motifs is 3. The number of aromatic nitrogens is 2. The molecular formula is C37H28N4. The Morgan fingerprint density at radius 2 is 1.20 bits per heavy atom. The van der Waals surface area contributed by atoms with Crippen LogP contribution in [-0.4, -0.2) is 17.0 Å². The molecule has 4 nitrogen and oxygen atoms in total. The molecule has 1 atom stereocenters. The maximum absolute atomic E-state index is 4.74. The first-order chi connectivity index (χ1) is 20.2. The van der Waals surface area contributed by atoms with Gasteiger partial charge in [-0.05, 0) is 75.0 Å². The number of hydrogen-bond acceptors (Lipinski definition) is 3. The van der Waals surface area contributed by atoms with Crippen molar-refractivity contribution in [1.29, 1.82) is 0 Å². The molecule has 1 aromatic heterocycles. The molecule has 0 saturated carbocycles. The molecule has 4 heteroatoms. The summed E-state index contributed by atoms with van der Waals surface area (Å²) in [4.78, 5) is 10.5. The van der Waals surface area contributed by atoms with Gasteiger partial charge in [0.2, 0.25) is 0 Å². The lowest BCUT2D eigenvalue weighted by Gasteiger charge is -2.22. The number of aromatic amines is 1. The second-order valence-corrected chi connectivity index (χ2v) is 10.8. The van der Waals surface area contributed by atoms with Gasteiger partial charge in [-0.2, -0.15) is 0 Å². The molecule has 0 spiro atoms. The molecule has 1 aliphatic rings. The van der Waals surface area contributed by atoms with E-state index in [2.05, 4.69) is 138 Å². The van der Waals surface area contributed by atoms with Crippen molar-refractivity contribution >= 4 is 33.2 Å². The Balaban J connectivity index is 1.06. The van der Waals surface area contributed by atoms with E-state index in [-0.39, 0.29) is 6.17 Å². The van der Waals surface area contributed by atoms with Gasteiger partial charge in [-0.15, -0.1) is 0 Å². The first-order valence-corrected chi connectivity index (χ1v) is 14.0. The molecule has 0 fully saturated rings. The predicted molar refractivity (Wildman–Crippen MR) is 171 cm³/mol. The van der Waals surface area contributed by atoms with E-state index in [0.717, 1.165) is 22.4 Å². The average molecular weight is 529 g/mol. The topological polar surface area (TPSA) is 44.0 Å². The standard InChI is InChI=1S/C37H28N4/c1-41-35-9-5-4-8-34(35)40-37(41)28-18-12-25(13-19-28)30-21-15-26-14-20-29(22-31(26)23-30)24-10-16-27(17-11-24)36-38-32-6-2-3-7-33(32)39-36/h2-23,37,40H,1H3,(H,38,39). The van der Waals surface area contributed by atoms with Crippen LogP contribution in [0.2, 0.25) is 0 Å². The van der Waals surface area contributed by atoms with Crippen molar-refractivity contribution in [2.75, 3.05) is 17.3 Å². The quantitative estimate of drug-likeness (QED) is 0.239. The van der Waals surface area contributed by atoms with Crippen LogP contribution in [0.25, 0.3) is 55.4 Å². The minimum atomic E-state index is 0.138. The van der Waals surface area contributed by atoms with Crippen molar-refractivity contribution in [3.05, 3.63) is 139 Å². The van der Waals surface area contributed by atoms with Gasteiger partial charge >= 0.3 is 0 Å². The Bertz CT molecular complexity index is 2000. The molecule has 0 aliphatic carbocycles. The van der Waals surface area contributed by atoms with Gasteiger partial charge in [0.15, 0.2) is 0 Å². The number of hydrogen-bond donors (Lipinski definition) is 2. The third kappa shape index (κ3) is 4.12. The van der Waals surface area contributed by atoms with Gasteiger partial charge in [-0.1, -0.05) is 97.1 Å². The maximum Gasteiger partial charge on any atom is 0.138 e. The van der Waals surface area contributed by atoms with Crippen LogP contribution in [-0.2, 0) is 0 Å². The molecule has 7 aromatic rings. The zero-order valence-electron chi connectivity index (χ0n) is 22.7. The Hall–Kier alpha value is -5.35. The Morgan fingerprint density at radius 3 is 1.90 bits per heavy atom. The highest BCUT2D eigenvalue weighted by atomic mass is 15.3. The molecule has 2 heterocycles. The summed E-state index contributed by atoms with van der Waals surface area (Å²) in [5.41, 5.74) is 11.6. The minimum Gasteiger partial charge on any atom is -0.360 e. The number of benzene rings is 6. The Labute approximate surface area is 238 Å². The second kappa shape index (κ2) is 9.39. The van der Waals surface area contributed by atoms with Gasteiger partial charge in [0.1, 0.15) is 12.0 Å². The van der Waals surface area contributed by atoms with Crippen molar-refractivity contribution in [2.24, 2.45) is 0 Å². The van der Waals surface area contributed by atoms with Crippen LogP contribution in [0.15, 0.2) is 133 Å². The van der Waals surface area contributed by atoms with E-state index >= 15 is 0 Å². The molecular weight excluding hydrogens is 500 g/mol. The summed E-state index contributed by atoms with van der Waals surface area (Å²) >= 11 is 0. The van der Waals surface area contributed by atoms with Crippen molar-refractivity contribution in [2.45, 2.75) is 6.17 Å². The van der Waals surface area contributed by atoms with Crippen LogP contribution in [0.3, 0.4) is 0 Å². The third-order valence-electron chi connectivity index (χ3n) is 8.24. The van der Waals surface area contributed by atoms with E-state index < -0.39 is 0 Å². The van der Waals surface area contributed by atoms with E-state index in [1.807, 2.05) is 18.2 Å². The zero-order valence-corrected chi connectivity index (χ0v) is 22.7. The summed E-state index contributed by atoms with van der Waals surface area (Å²) in [6.45, 7) is 0. The second-order valence-electron chi connectivity index (χ2n) is 10.8. The summed E-state index contributed by atoms with van der Waals surface area (Å²) in [6.07, 6.45) is 0.138. The fourth-order valence-corrected chi connectivity index (χ4v) is 5.97. The molecule has 0 radical (unpaired) electrons. The van der Waals surface area contributed by atoms with Gasteiger partial charge < -0.3 is 15.2 Å². The maximum atomic E-state index is 4.74. The van der Waals surface area contributed by atoms with Crippen LogP contribution in [0, 0.1) is 0 Å². The van der Waals surface area contributed by atoms with E-state index in [1.54, 1.807) is 0 Å². The summed E-state index contributed by atoms with van der Waals surface area (Å²) in [7, 11) is 2.14. The smallest absolute Gasteiger partial charge is 0.138 e. The highest BCUT2D eigenvalue weighted by molar-refractivity contribution is 5.91. The van der Waals surface area contributed by atoms with Crippen LogP contribution in [0.1, 0.15) is 11.7 Å². The van der Waals surface area contributed by atoms with Crippen LogP contribution in [0.4, 0.5) is 11.4 Å². The van der Waals surface area contributed by atoms with Gasteiger partial charge in [0.25, 0.3) is 0 Å². The SMILES string of the molecule is CN1c2ccccc2NC1c1ccc(-c2ccc3ccc(-c4ccc(-c5nc6ccccc6[nH]5)cc4)cc3c2)cc1. The fourth-order valence-electron chi connectivity index (χ4n) is 5.97. The van der Waals surface area contributed by atoms with Crippen LogP contribution >= 0.6 is 0 Å². The molecule has 41 heavy (non-hydrogen) atoms. The van der Waals surface area contributed by atoms with E-state index in [9.17, 15) is 0 Å². The fraction of sp³-hybridized carbons (Fsp3) is 0.0541. The zero-order chi connectivity index (χ0) is 27.3. The number of H-pyrrole nitrogens is 1. The lowest BCUT2D eigenvalue weighted by molar-refractivity contribution is 0.792. The van der Waals surface area contributed by atoms with Crippen LogP contribution < -0.4 is 10.2 Å². The van der Waals surface area contributed by atoms with E-state index in [1.165, 1.54) is 50.0 Å². The molecule has 1 aliphatic heterocycles. The molecule has 1 unspecified atom stereocenters. The van der Waals surface area contributed by atoms with Gasteiger partial charge in [-0.3, -0.25) is 0 Å². The third-order valence-corrected chi connectivity index (χ3v) is 8.24. The summed E-state index contributed by atoms with van der Waals surface area (Å²) < 4.78 is 0. The first kappa shape index (κ1) is 23.5. The first-order valence-electron chi connectivity index (χ1n) is 14.0. The molecule has 0 amide bonds. The van der Waals surface area contributed by atoms with Crippen molar-refractivity contribution in [3.8, 4) is 33.6 Å². The molecule has 2 N–H and O–H groups in total. The van der Waals surface area contributed by atoms with Gasteiger partial charge in [0, 0.05) is 12.6 Å². The number of rotatable bonds is 4. The van der Waals surface area contributed by atoms with Crippen molar-refractivity contribution in [3.63, 3.8) is 0 Å². The van der Waals surface area contributed by atoms with Crippen molar-refractivity contribution < 1.29 is 0 Å². The number of para-hydroxylation sites is 4. The van der Waals surface area contributed by atoms with Gasteiger partial charge in [0.05, 0.1) is 22.4 Å². The van der Waals surface area contributed by atoms with E-state index in [4.69, 9.17) is 4.98 Å². The molecule has 196 valence electrons. The Morgan fingerprint density at radius 1 is 0.585 bits per heavy atom. The summed E-state index contributed by atoms with van der Waals surface area (Å²) in [5, 5.41) is 6.12. The normalized spacial score (nSPS) is 14.4. The lowest BCUT2D eigenvalue weighted by atomic mass is 9.96. The summed E-state index contributed by atoms with van der Waals surface area (Å²) in [5.74, 6) is 0.895. The molecule has 0 bridgehead atoms. The number of imidazole rings is 1. The monoisotopic (exact) mass is 528 g/mol. The summed E-state index contributed by atoms with van der Waals surface area (Å²) in [6, 6.07) is 47.6. The number of anilines is 2. The van der Waals surface area contributed by atoms with Gasteiger partial charge in [-0.25, -0.2) is 4.98 Å². The number of nitrogens with zero attached hydrogens (tertiary/aromatic N) is 2. The molecule has 6 aromatic carbocycles. The highest BCUT2D eigenvalue weighted by Gasteiger charge is 2.26. The largest absolute Gasteiger partial charge is 0.360 e. The van der Waals surface area contributed by atoms with Crippen LogP contribution in [0.5, 0.6) is 0 Å². The minimum absolute atomic E-state index is 0.138. The van der Waals surface area contributed by atoms with E-state index in [0.29, 0.717) is 0 Å². The predicted octanol–water partition coefficient (Wildman–Crippen LogP) is 9.28. The van der Waals surface area contributed by atoms with Crippen molar-refractivity contribution in [1.82, 2.24) is 9.97 Å². The highest BCUT2D eigenvalue weighted by Crippen LogP contribution is 2.40. The number of nitrogens with one attached hydrogen (secondary N) is 2. The Kier molecular flexibility index (Phi) is 5.39. The molecule has 8 rings (SSSR count). The lowest BCUT2D eigenvalue weighted by Crippen LogP contribution is -2.23.